The van der Waals surface area contributed by atoms with E-state index in [4.69, 9.17) is 23.2 Å². The highest BCUT2D eigenvalue weighted by molar-refractivity contribution is 6.39. The summed E-state index contributed by atoms with van der Waals surface area (Å²) in [5, 5.41) is 3.66. The van der Waals surface area contributed by atoms with Crippen LogP contribution in [0.15, 0.2) is 48.5 Å². The third-order valence-corrected chi connectivity index (χ3v) is 4.35. The summed E-state index contributed by atoms with van der Waals surface area (Å²) < 4.78 is 0. The SMILES string of the molecule is CCC(c1ccccc1)N(C)CC(=O)Nc1c(Cl)cccc1Cl. The fourth-order valence-corrected chi connectivity index (χ4v) is 3.10. The monoisotopic (exact) mass is 350 g/mol. The number of hydrogen-bond acceptors (Lipinski definition) is 2. The van der Waals surface area contributed by atoms with Crippen LogP contribution in [-0.2, 0) is 4.79 Å². The van der Waals surface area contributed by atoms with E-state index in [0.717, 1.165) is 6.42 Å². The van der Waals surface area contributed by atoms with Gasteiger partial charge in [-0.3, -0.25) is 9.69 Å². The van der Waals surface area contributed by atoms with Gasteiger partial charge in [0.2, 0.25) is 5.91 Å². The Morgan fingerprint density at radius 1 is 1.09 bits per heavy atom. The number of amides is 1. The smallest absolute Gasteiger partial charge is 0.238 e. The molecule has 0 saturated heterocycles. The molecule has 0 aliphatic carbocycles. The highest BCUT2D eigenvalue weighted by atomic mass is 35.5. The quantitative estimate of drug-likeness (QED) is 0.793. The van der Waals surface area contributed by atoms with Gasteiger partial charge in [-0.05, 0) is 31.2 Å². The van der Waals surface area contributed by atoms with Crippen molar-refractivity contribution in [3.8, 4) is 0 Å². The van der Waals surface area contributed by atoms with Gasteiger partial charge in [-0.1, -0.05) is 66.5 Å². The number of nitrogens with one attached hydrogen (secondary N) is 1. The Morgan fingerprint density at radius 2 is 1.70 bits per heavy atom. The molecule has 0 bridgehead atoms. The number of para-hydroxylation sites is 1. The molecule has 1 unspecified atom stereocenters. The summed E-state index contributed by atoms with van der Waals surface area (Å²) in [7, 11) is 1.94. The maximum Gasteiger partial charge on any atom is 0.238 e. The predicted octanol–water partition coefficient (Wildman–Crippen LogP) is 5.02. The van der Waals surface area contributed by atoms with E-state index >= 15 is 0 Å². The maximum atomic E-state index is 12.3. The molecule has 2 aromatic rings. The van der Waals surface area contributed by atoms with Gasteiger partial charge in [-0.2, -0.15) is 0 Å². The van der Waals surface area contributed by atoms with E-state index < -0.39 is 0 Å². The minimum atomic E-state index is -0.142. The van der Waals surface area contributed by atoms with E-state index in [0.29, 0.717) is 15.7 Å². The topological polar surface area (TPSA) is 32.3 Å². The fraction of sp³-hybridized carbons (Fsp3) is 0.278. The number of rotatable bonds is 6. The number of likely N-dealkylation sites (N-methyl/N-ethyl adjacent to an activating group) is 1. The van der Waals surface area contributed by atoms with Crippen LogP contribution < -0.4 is 5.32 Å². The molecular formula is C18H20Cl2N2O. The van der Waals surface area contributed by atoms with Crippen LogP contribution in [0.5, 0.6) is 0 Å². The average molecular weight is 351 g/mol. The van der Waals surface area contributed by atoms with Crippen molar-refractivity contribution < 1.29 is 4.79 Å². The number of nitrogens with zero attached hydrogens (tertiary/aromatic N) is 1. The molecule has 1 amide bonds. The van der Waals surface area contributed by atoms with Gasteiger partial charge in [0.1, 0.15) is 0 Å². The molecule has 1 atom stereocenters. The van der Waals surface area contributed by atoms with Gasteiger partial charge in [0.15, 0.2) is 0 Å². The summed E-state index contributed by atoms with van der Waals surface area (Å²) in [4.78, 5) is 14.3. The first-order valence-electron chi connectivity index (χ1n) is 7.52. The van der Waals surface area contributed by atoms with E-state index in [-0.39, 0.29) is 18.5 Å². The first kappa shape index (κ1) is 17.8. The van der Waals surface area contributed by atoms with Crippen molar-refractivity contribution in [1.29, 1.82) is 0 Å². The van der Waals surface area contributed by atoms with E-state index in [9.17, 15) is 4.79 Å². The number of carbonyl (C=O) groups is 1. The number of anilines is 1. The molecule has 0 heterocycles. The number of hydrogen-bond donors (Lipinski definition) is 1. The second kappa shape index (κ2) is 8.34. The molecule has 0 aromatic heterocycles. The highest BCUT2D eigenvalue weighted by Crippen LogP contribution is 2.30. The standard InChI is InChI=1S/C18H20Cl2N2O/c1-3-16(13-8-5-4-6-9-13)22(2)12-17(23)21-18-14(19)10-7-11-15(18)20/h4-11,16H,3,12H2,1-2H3,(H,21,23). The molecule has 0 aliphatic rings. The van der Waals surface area contributed by atoms with E-state index in [1.54, 1.807) is 18.2 Å². The zero-order chi connectivity index (χ0) is 16.8. The van der Waals surface area contributed by atoms with Crippen LogP contribution in [0.1, 0.15) is 24.9 Å². The van der Waals surface area contributed by atoms with E-state index in [1.807, 2.05) is 30.1 Å². The van der Waals surface area contributed by atoms with Gasteiger partial charge < -0.3 is 5.32 Å². The summed E-state index contributed by atoms with van der Waals surface area (Å²) in [5.41, 5.74) is 1.66. The normalized spacial score (nSPS) is 12.2. The van der Waals surface area contributed by atoms with Crippen LogP contribution >= 0.6 is 23.2 Å². The molecule has 0 aliphatic heterocycles. The molecule has 0 spiro atoms. The number of carbonyl (C=O) groups excluding carboxylic acids is 1. The lowest BCUT2D eigenvalue weighted by Crippen LogP contribution is -2.33. The minimum absolute atomic E-state index is 0.142. The van der Waals surface area contributed by atoms with Crippen molar-refractivity contribution in [2.75, 3.05) is 18.9 Å². The highest BCUT2D eigenvalue weighted by Gasteiger charge is 2.18. The summed E-state index contributed by atoms with van der Waals surface area (Å²) in [6, 6.07) is 15.5. The molecule has 2 rings (SSSR count). The summed E-state index contributed by atoms with van der Waals surface area (Å²) in [6.45, 7) is 2.37. The lowest BCUT2D eigenvalue weighted by atomic mass is 10.0. The Morgan fingerprint density at radius 3 is 2.26 bits per heavy atom. The molecule has 0 radical (unpaired) electrons. The Kier molecular flexibility index (Phi) is 6.46. The third kappa shape index (κ3) is 4.71. The van der Waals surface area contributed by atoms with Crippen molar-refractivity contribution in [1.82, 2.24) is 4.90 Å². The van der Waals surface area contributed by atoms with Crippen LogP contribution in [0, 0.1) is 0 Å². The summed E-state index contributed by atoms with van der Waals surface area (Å²) >= 11 is 12.2. The lowest BCUT2D eigenvalue weighted by Gasteiger charge is -2.27. The molecule has 23 heavy (non-hydrogen) atoms. The number of halogens is 2. The minimum Gasteiger partial charge on any atom is -0.322 e. The second-order valence-electron chi connectivity index (χ2n) is 5.39. The van der Waals surface area contributed by atoms with Gasteiger partial charge in [0, 0.05) is 6.04 Å². The predicted molar refractivity (Wildman–Crippen MR) is 97.2 cm³/mol. The molecule has 0 saturated carbocycles. The van der Waals surface area contributed by atoms with Crippen LogP contribution in [0.2, 0.25) is 10.0 Å². The van der Waals surface area contributed by atoms with Gasteiger partial charge in [0.05, 0.1) is 22.3 Å². The van der Waals surface area contributed by atoms with Crippen LogP contribution in [0.25, 0.3) is 0 Å². The lowest BCUT2D eigenvalue weighted by molar-refractivity contribution is -0.117. The third-order valence-electron chi connectivity index (χ3n) is 3.72. The van der Waals surface area contributed by atoms with Crippen molar-refractivity contribution in [2.24, 2.45) is 0 Å². The molecule has 0 fully saturated rings. The van der Waals surface area contributed by atoms with Gasteiger partial charge in [-0.15, -0.1) is 0 Å². The molecule has 3 nitrogen and oxygen atoms in total. The van der Waals surface area contributed by atoms with Gasteiger partial charge in [0.25, 0.3) is 0 Å². The molecule has 122 valence electrons. The second-order valence-corrected chi connectivity index (χ2v) is 6.21. The Hall–Kier alpha value is -1.55. The largest absolute Gasteiger partial charge is 0.322 e. The van der Waals surface area contributed by atoms with Crippen LogP contribution in [-0.4, -0.2) is 24.4 Å². The zero-order valence-corrected chi connectivity index (χ0v) is 14.7. The average Bonchev–Trinajstić information content (AvgIpc) is 2.53. The van der Waals surface area contributed by atoms with E-state index in [1.165, 1.54) is 5.56 Å². The summed E-state index contributed by atoms with van der Waals surface area (Å²) in [5.74, 6) is -0.142. The zero-order valence-electron chi connectivity index (χ0n) is 13.2. The Labute approximate surface area is 147 Å². The van der Waals surface area contributed by atoms with Crippen molar-refractivity contribution in [3.63, 3.8) is 0 Å². The Bertz CT molecular complexity index is 641. The molecule has 1 N–H and O–H groups in total. The first-order chi connectivity index (χ1) is 11.0. The van der Waals surface area contributed by atoms with Crippen LogP contribution in [0.4, 0.5) is 5.69 Å². The fourth-order valence-electron chi connectivity index (χ4n) is 2.61. The Balaban J connectivity index is 2.04. The van der Waals surface area contributed by atoms with Crippen molar-refractivity contribution in [3.05, 3.63) is 64.1 Å². The van der Waals surface area contributed by atoms with Crippen LogP contribution in [0.3, 0.4) is 0 Å². The van der Waals surface area contributed by atoms with Gasteiger partial charge in [-0.25, -0.2) is 0 Å². The first-order valence-corrected chi connectivity index (χ1v) is 8.27. The maximum absolute atomic E-state index is 12.3. The molecule has 5 heteroatoms. The van der Waals surface area contributed by atoms with Gasteiger partial charge >= 0.3 is 0 Å². The summed E-state index contributed by atoms with van der Waals surface area (Å²) in [6.07, 6.45) is 0.917. The van der Waals surface area contributed by atoms with Crippen molar-refractivity contribution >= 4 is 34.8 Å². The van der Waals surface area contributed by atoms with Crippen molar-refractivity contribution in [2.45, 2.75) is 19.4 Å². The molecule has 2 aromatic carbocycles. The number of benzene rings is 2. The molecular weight excluding hydrogens is 331 g/mol. The van der Waals surface area contributed by atoms with E-state index in [2.05, 4.69) is 24.4 Å².